The van der Waals surface area contributed by atoms with Crippen molar-refractivity contribution >= 4 is 23.3 Å². The Morgan fingerprint density at radius 1 is 1.45 bits per heavy atom. The number of anilines is 1. The number of halogens is 1. The number of aromatic nitrogens is 1. The first-order valence-corrected chi connectivity index (χ1v) is 7.77. The van der Waals surface area contributed by atoms with Crippen molar-refractivity contribution in [3.8, 4) is 6.07 Å². The predicted octanol–water partition coefficient (Wildman–Crippen LogP) is 2.53. The van der Waals surface area contributed by atoms with Crippen molar-refractivity contribution in [1.29, 1.82) is 5.26 Å². The van der Waals surface area contributed by atoms with Crippen LogP contribution in [0.2, 0.25) is 5.02 Å². The molecule has 0 aliphatic carbocycles. The lowest BCUT2D eigenvalue weighted by Gasteiger charge is -2.34. The second-order valence-corrected chi connectivity index (χ2v) is 6.34. The monoisotopic (exact) mass is 320 g/mol. The summed E-state index contributed by atoms with van der Waals surface area (Å²) in [4.78, 5) is 20.4. The highest BCUT2D eigenvalue weighted by molar-refractivity contribution is 6.32. The van der Waals surface area contributed by atoms with Gasteiger partial charge < -0.3 is 9.80 Å². The molecule has 1 aliphatic rings. The molecule has 0 spiro atoms. The van der Waals surface area contributed by atoms with E-state index in [1.165, 1.54) is 0 Å². The lowest BCUT2D eigenvalue weighted by molar-refractivity contribution is -0.133. The second kappa shape index (κ2) is 6.53. The number of rotatable bonds is 2. The minimum Gasteiger partial charge on any atom is -0.355 e. The first-order chi connectivity index (χ1) is 10.4. The number of aryl methyl sites for hydroxylation is 1. The van der Waals surface area contributed by atoms with Gasteiger partial charge in [0.1, 0.15) is 11.9 Å². The fourth-order valence-electron chi connectivity index (χ4n) is 2.91. The largest absolute Gasteiger partial charge is 0.355 e. The number of hydrogen-bond donors (Lipinski definition) is 0. The Hall–Kier alpha value is -1.80. The Kier molecular flexibility index (Phi) is 4.92. The van der Waals surface area contributed by atoms with Gasteiger partial charge in [-0.1, -0.05) is 11.6 Å². The van der Waals surface area contributed by atoms with E-state index in [4.69, 9.17) is 11.6 Å². The van der Waals surface area contributed by atoms with E-state index >= 15 is 0 Å². The molecule has 0 saturated carbocycles. The van der Waals surface area contributed by atoms with Crippen molar-refractivity contribution in [1.82, 2.24) is 9.88 Å². The van der Waals surface area contributed by atoms with Crippen LogP contribution in [-0.4, -0.2) is 43.0 Å². The van der Waals surface area contributed by atoms with Gasteiger partial charge in [-0.3, -0.25) is 4.79 Å². The van der Waals surface area contributed by atoms with Crippen molar-refractivity contribution in [2.75, 3.05) is 32.1 Å². The van der Waals surface area contributed by atoms with Gasteiger partial charge in [0.15, 0.2) is 0 Å². The molecule has 1 amide bonds. The lowest BCUT2D eigenvalue weighted by atomic mass is 9.96. The van der Waals surface area contributed by atoms with Crippen LogP contribution in [-0.2, 0) is 4.79 Å². The van der Waals surface area contributed by atoms with Crippen LogP contribution in [0, 0.1) is 31.1 Å². The van der Waals surface area contributed by atoms with Crippen LogP contribution in [0.3, 0.4) is 0 Å². The zero-order valence-corrected chi connectivity index (χ0v) is 14.2. The lowest BCUT2D eigenvalue weighted by Crippen LogP contribution is -2.43. The molecule has 1 saturated heterocycles. The molecule has 1 aromatic heterocycles. The molecular weight excluding hydrogens is 300 g/mol. The molecule has 2 rings (SSSR count). The Morgan fingerprint density at radius 2 is 2.14 bits per heavy atom. The molecule has 0 N–H and O–H groups in total. The molecule has 1 fully saturated rings. The normalized spacial score (nSPS) is 18.0. The van der Waals surface area contributed by atoms with Gasteiger partial charge in [0.25, 0.3) is 0 Å². The number of nitrogens with zero attached hydrogens (tertiary/aromatic N) is 4. The Balaban J connectivity index is 2.36. The first kappa shape index (κ1) is 16.6. The summed E-state index contributed by atoms with van der Waals surface area (Å²) in [6, 6.07) is 2.21. The number of pyridine rings is 1. The number of carbonyl (C=O) groups excluding carboxylic acids is 1. The Morgan fingerprint density at radius 3 is 2.73 bits per heavy atom. The van der Waals surface area contributed by atoms with E-state index in [0.717, 1.165) is 24.9 Å². The van der Waals surface area contributed by atoms with Crippen molar-refractivity contribution in [3.05, 3.63) is 21.8 Å². The van der Waals surface area contributed by atoms with Crippen molar-refractivity contribution in [2.45, 2.75) is 26.7 Å². The van der Waals surface area contributed by atoms with E-state index in [9.17, 15) is 10.1 Å². The van der Waals surface area contributed by atoms with Gasteiger partial charge >= 0.3 is 0 Å². The Bertz CT molecular complexity index is 636. The summed E-state index contributed by atoms with van der Waals surface area (Å²) in [7, 11) is 3.55. The van der Waals surface area contributed by atoms with Crippen LogP contribution in [0.25, 0.3) is 0 Å². The van der Waals surface area contributed by atoms with E-state index in [-0.39, 0.29) is 11.8 Å². The summed E-state index contributed by atoms with van der Waals surface area (Å²) in [5.74, 6) is 0.733. The molecule has 6 heteroatoms. The maximum absolute atomic E-state index is 12.2. The molecule has 22 heavy (non-hydrogen) atoms. The summed E-state index contributed by atoms with van der Waals surface area (Å²) in [6.45, 7) is 5.08. The van der Waals surface area contributed by atoms with Crippen LogP contribution >= 0.6 is 11.6 Å². The van der Waals surface area contributed by atoms with Gasteiger partial charge in [0.2, 0.25) is 5.91 Å². The topological polar surface area (TPSA) is 60.2 Å². The van der Waals surface area contributed by atoms with Crippen LogP contribution in [0.4, 0.5) is 5.82 Å². The van der Waals surface area contributed by atoms with E-state index in [0.29, 0.717) is 28.6 Å². The zero-order valence-electron chi connectivity index (χ0n) is 13.5. The molecular formula is C16H21ClN4O. The second-order valence-electron chi connectivity index (χ2n) is 5.96. The fraction of sp³-hybridized carbons (Fsp3) is 0.562. The summed E-state index contributed by atoms with van der Waals surface area (Å²) in [5, 5.41) is 10.00. The minimum atomic E-state index is -0.0478. The van der Waals surface area contributed by atoms with Crippen molar-refractivity contribution in [3.63, 3.8) is 0 Å². The molecule has 0 radical (unpaired) electrons. The number of nitriles is 1. The van der Waals surface area contributed by atoms with E-state index in [2.05, 4.69) is 11.1 Å². The highest BCUT2D eigenvalue weighted by atomic mass is 35.5. The fourth-order valence-corrected chi connectivity index (χ4v) is 3.05. The van der Waals surface area contributed by atoms with Gasteiger partial charge in [-0.25, -0.2) is 4.98 Å². The number of amides is 1. The maximum atomic E-state index is 12.2. The number of carbonyl (C=O) groups is 1. The van der Waals surface area contributed by atoms with Crippen LogP contribution < -0.4 is 4.90 Å². The van der Waals surface area contributed by atoms with Gasteiger partial charge in [0, 0.05) is 27.2 Å². The summed E-state index contributed by atoms with van der Waals surface area (Å²) in [6.07, 6.45) is 1.79. The molecule has 1 unspecified atom stereocenters. The SMILES string of the molecule is Cc1nc(N2CCCC(C(=O)N(C)C)C2)c(C#N)c(C)c1Cl. The third-order valence-corrected chi connectivity index (χ3v) is 4.70. The number of hydrogen-bond acceptors (Lipinski definition) is 4. The molecule has 5 nitrogen and oxygen atoms in total. The minimum absolute atomic E-state index is 0.0478. The highest BCUT2D eigenvalue weighted by Crippen LogP contribution is 2.31. The van der Waals surface area contributed by atoms with E-state index in [1.807, 2.05) is 18.7 Å². The Labute approximate surface area is 136 Å². The number of piperidine rings is 1. The average Bonchev–Trinajstić information content (AvgIpc) is 2.51. The van der Waals surface area contributed by atoms with Crippen LogP contribution in [0.1, 0.15) is 29.7 Å². The third-order valence-electron chi connectivity index (χ3n) is 4.14. The van der Waals surface area contributed by atoms with Crippen LogP contribution in [0.5, 0.6) is 0 Å². The average molecular weight is 321 g/mol. The summed E-state index contributed by atoms with van der Waals surface area (Å²) in [5.41, 5.74) is 1.98. The molecule has 0 aromatic carbocycles. The van der Waals surface area contributed by atoms with E-state index < -0.39 is 0 Å². The molecule has 1 atom stereocenters. The molecule has 0 bridgehead atoms. The molecule has 1 aliphatic heterocycles. The molecule has 2 heterocycles. The first-order valence-electron chi connectivity index (χ1n) is 7.39. The van der Waals surface area contributed by atoms with E-state index in [1.54, 1.807) is 19.0 Å². The van der Waals surface area contributed by atoms with Gasteiger partial charge in [0.05, 0.1) is 22.2 Å². The van der Waals surface area contributed by atoms with Gasteiger partial charge in [-0.05, 0) is 32.3 Å². The van der Waals surface area contributed by atoms with Gasteiger partial charge in [-0.2, -0.15) is 5.26 Å². The van der Waals surface area contributed by atoms with Gasteiger partial charge in [-0.15, -0.1) is 0 Å². The molecule has 1 aromatic rings. The third kappa shape index (κ3) is 3.02. The van der Waals surface area contributed by atoms with Crippen molar-refractivity contribution < 1.29 is 4.79 Å². The smallest absolute Gasteiger partial charge is 0.226 e. The highest BCUT2D eigenvalue weighted by Gasteiger charge is 2.29. The molecule has 118 valence electrons. The zero-order chi connectivity index (χ0) is 16.4. The van der Waals surface area contributed by atoms with Crippen molar-refractivity contribution in [2.24, 2.45) is 5.92 Å². The standard InChI is InChI=1S/C16H21ClN4O/c1-10-13(8-18)15(19-11(2)14(10)17)21-7-5-6-12(9-21)16(22)20(3)4/h12H,5-7,9H2,1-4H3. The predicted molar refractivity (Wildman–Crippen MR) is 87.1 cm³/mol. The van der Waals surface area contributed by atoms with Crippen LogP contribution in [0.15, 0.2) is 0 Å². The summed E-state index contributed by atoms with van der Waals surface area (Å²) < 4.78 is 0. The quantitative estimate of drug-likeness (QED) is 0.840. The maximum Gasteiger partial charge on any atom is 0.226 e. The summed E-state index contributed by atoms with van der Waals surface area (Å²) >= 11 is 6.20.